The lowest BCUT2D eigenvalue weighted by molar-refractivity contribution is -0.142. The molecular weight excluding hydrogens is 476 g/mol. The van der Waals surface area contributed by atoms with Crippen LogP contribution in [-0.4, -0.2) is 39.2 Å². The number of rotatable bonds is 7. The number of thioether (sulfide) groups is 1. The van der Waals surface area contributed by atoms with Gasteiger partial charge in [0.15, 0.2) is 5.13 Å². The molecule has 0 saturated heterocycles. The molecule has 0 aromatic carbocycles. The summed E-state index contributed by atoms with van der Waals surface area (Å²) in [4.78, 5) is 39.9. The zero-order valence-corrected chi connectivity index (χ0v) is 21.7. The third kappa shape index (κ3) is 5.73. The van der Waals surface area contributed by atoms with Gasteiger partial charge < -0.3 is 10.1 Å². The van der Waals surface area contributed by atoms with Crippen LogP contribution in [0.1, 0.15) is 50.3 Å². The topological polar surface area (TPSA) is 94.1 Å². The van der Waals surface area contributed by atoms with E-state index in [1.807, 2.05) is 0 Å². The first-order chi connectivity index (χ1) is 15.7. The van der Waals surface area contributed by atoms with Crippen molar-refractivity contribution in [3.63, 3.8) is 0 Å². The Labute approximate surface area is 205 Å². The Bertz CT molecular complexity index is 1170. The third-order valence-electron chi connectivity index (χ3n) is 5.80. The SMILES string of the molecule is CCOC(=O)Cc1csc(NC(=O)CSc2ncnc3sc4c(c23)CCC(C(C)(C)C)C4)n1. The Kier molecular flexibility index (Phi) is 7.35. The predicted molar refractivity (Wildman–Crippen MR) is 134 cm³/mol. The summed E-state index contributed by atoms with van der Waals surface area (Å²) < 4.78 is 4.94. The van der Waals surface area contributed by atoms with E-state index < -0.39 is 0 Å². The van der Waals surface area contributed by atoms with Gasteiger partial charge in [0.1, 0.15) is 16.2 Å². The van der Waals surface area contributed by atoms with Gasteiger partial charge >= 0.3 is 5.97 Å². The first-order valence-electron chi connectivity index (χ1n) is 11.0. The number of hydrogen-bond acceptors (Lipinski definition) is 9. The summed E-state index contributed by atoms with van der Waals surface area (Å²) in [6.07, 6.45) is 4.98. The van der Waals surface area contributed by atoms with Crippen molar-refractivity contribution in [1.82, 2.24) is 15.0 Å². The number of carbonyl (C=O) groups excluding carboxylic acids is 2. The zero-order valence-electron chi connectivity index (χ0n) is 19.3. The number of nitrogens with zero attached hydrogens (tertiary/aromatic N) is 3. The van der Waals surface area contributed by atoms with Crippen LogP contribution in [0.5, 0.6) is 0 Å². The summed E-state index contributed by atoms with van der Waals surface area (Å²) >= 11 is 4.50. The summed E-state index contributed by atoms with van der Waals surface area (Å²) in [5.41, 5.74) is 2.25. The molecule has 7 nitrogen and oxygen atoms in total. The monoisotopic (exact) mass is 504 g/mol. The number of carbonyl (C=O) groups is 2. The summed E-state index contributed by atoms with van der Waals surface area (Å²) in [5, 5.41) is 7.04. The number of thiazole rings is 1. The van der Waals surface area contributed by atoms with E-state index in [-0.39, 0.29) is 24.1 Å². The maximum atomic E-state index is 12.5. The van der Waals surface area contributed by atoms with E-state index >= 15 is 0 Å². The van der Waals surface area contributed by atoms with Crippen LogP contribution in [0.25, 0.3) is 10.2 Å². The molecule has 3 aromatic heterocycles. The highest BCUT2D eigenvalue weighted by Gasteiger charge is 2.31. The summed E-state index contributed by atoms with van der Waals surface area (Å²) in [7, 11) is 0. The lowest BCUT2D eigenvalue weighted by atomic mass is 9.72. The van der Waals surface area contributed by atoms with Crippen molar-refractivity contribution in [2.75, 3.05) is 17.7 Å². The summed E-state index contributed by atoms with van der Waals surface area (Å²) in [6, 6.07) is 0. The van der Waals surface area contributed by atoms with E-state index in [1.165, 1.54) is 40.0 Å². The number of ether oxygens (including phenoxy) is 1. The Hall–Kier alpha value is -2.04. The van der Waals surface area contributed by atoms with Crippen molar-refractivity contribution in [3.8, 4) is 0 Å². The Balaban J connectivity index is 1.41. The summed E-state index contributed by atoms with van der Waals surface area (Å²) in [6.45, 7) is 9.06. The fourth-order valence-corrected chi connectivity index (χ4v) is 6.91. The second kappa shape index (κ2) is 10.1. The lowest BCUT2D eigenvalue weighted by Crippen LogP contribution is -2.26. The van der Waals surface area contributed by atoms with Crippen LogP contribution >= 0.6 is 34.4 Å². The first kappa shape index (κ1) is 24.1. The Morgan fingerprint density at radius 1 is 1.30 bits per heavy atom. The molecule has 1 N–H and O–H groups in total. The van der Waals surface area contributed by atoms with Gasteiger partial charge in [-0.05, 0) is 43.1 Å². The van der Waals surface area contributed by atoms with Crippen molar-refractivity contribution >= 4 is 61.7 Å². The normalized spacial score (nSPS) is 15.9. The molecule has 1 aliphatic carbocycles. The number of fused-ring (bicyclic) bond motifs is 3. The number of amides is 1. The average molecular weight is 505 g/mol. The molecule has 1 amide bonds. The van der Waals surface area contributed by atoms with Crippen LogP contribution in [0.15, 0.2) is 16.7 Å². The predicted octanol–water partition coefficient (Wildman–Crippen LogP) is 5.14. The van der Waals surface area contributed by atoms with E-state index in [0.717, 1.165) is 28.1 Å². The molecule has 1 unspecified atom stereocenters. The van der Waals surface area contributed by atoms with Crippen molar-refractivity contribution in [3.05, 3.63) is 27.8 Å². The molecule has 0 fully saturated rings. The smallest absolute Gasteiger partial charge is 0.311 e. The van der Waals surface area contributed by atoms with Gasteiger partial charge in [-0.2, -0.15) is 0 Å². The summed E-state index contributed by atoms with van der Waals surface area (Å²) in [5.74, 6) is 0.422. The van der Waals surface area contributed by atoms with Crippen molar-refractivity contribution in [1.29, 1.82) is 0 Å². The second-order valence-electron chi connectivity index (χ2n) is 9.13. The minimum atomic E-state index is -0.322. The van der Waals surface area contributed by atoms with Gasteiger partial charge in [-0.1, -0.05) is 32.5 Å². The molecule has 10 heteroatoms. The van der Waals surface area contributed by atoms with E-state index in [1.54, 1.807) is 30.0 Å². The van der Waals surface area contributed by atoms with Crippen molar-refractivity contribution < 1.29 is 14.3 Å². The molecule has 0 radical (unpaired) electrons. The van der Waals surface area contributed by atoms with Gasteiger partial charge in [-0.15, -0.1) is 22.7 Å². The number of aryl methyl sites for hydroxylation is 1. The van der Waals surface area contributed by atoms with Gasteiger partial charge in [0, 0.05) is 15.6 Å². The van der Waals surface area contributed by atoms with Crippen LogP contribution in [-0.2, 0) is 33.6 Å². The molecule has 3 aromatic rings. The Morgan fingerprint density at radius 3 is 2.88 bits per heavy atom. The van der Waals surface area contributed by atoms with Crippen LogP contribution in [0.4, 0.5) is 5.13 Å². The number of aromatic nitrogens is 3. The highest BCUT2D eigenvalue weighted by Crippen LogP contribution is 2.44. The molecular formula is C23H28N4O3S3. The highest BCUT2D eigenvalue weighted by atomic mass is 32.2. The van der Waals surface area contributed by atoms with Crippen molar-refractivity contribution in [2.45, 2.75) is 58.4 Å². The molecule has 4 rings (SSSR count). The number of anilines is 1. The molecule has 0 bridgehead atoms. The standard InChI is InChI=1S/C23H28N4O3S3/c1-5-30-18(29)9-14-10-32-22(26-14)27-17(28)11-31-20-19-15-7-6-13(23(2,3)4)8-16(15)33-21(19)25-12-24-20/h10,12-13H,5-9,11H2,1-4H3,(H,26,27,28). The van der Waals surface area contributed by atoms with Crippen molar-refractivity contribution in [2.24, 2.45) is 11.3 Å². The van der Waals surface area contributed by atoms with Crippen LogP contribution in [0.3, 0.4) is 0 Å². The largest absolute Gasteiger partial charge is 0.466 e. The first-order valence-corrected chi connectivity index (χ1v) is 13.7. The van der Waals surface area contributed by atoms with Gasteiger partial charge in [0.2, 0.25) is 5.91 Å². The number of nitrogens with one attached hydrogen (secondary N) is 1. The van der Waals surface area contributed by atoms with Gasteiger partial charge in [0.05, 0.1) is 24.5 Å². The molecule has 0 saturated carbocycles. The van der Waals surface area contributed by atoms with Gasteiger partial charge in [-0.3, -0.25) is 9.59 Å². The fraction of sp³-hybridized carbons (Fsp3) is 0.522. The maximum absolute atomic E-state index is 12.5. The fourth-order valence-electron chi connectivity index (χ4n) is 4.02. The maximum Gasteiger partial charge on any atom is 0.311 e. The quantitative estimate of drug-likeness (QED) is 0.271. The molecule has 1 atom stereocenters. The molecule has 0 aliphatic heterocycles. The molecule has 33 heavy (non-hydrogen) atoms. The van der Waals surface area contributed by atoms with Crippen LogP contribution in [0, 0.1) is 11.3 Å². The van der Waals surface area contributed by atoms with Crippen LogP contribution in [0.2, 0.25) is 0 Å². The molecule has 0 spiro atoms. The molecule has 3 heterocycles. The third-order valence-corrected chi connectivity index (χ3v) is 8.76. The minimum absolute atomic E-state index is 0.104. The molecule has 176 valence electrons. The van der Waals surface area contributed by atoms with E-state index in [4.69, 9.17) is 4.74 Å². The number of hydrogen-bond donors (Lipinski definition) is 1. The van der Waals surface area contributed by atoms with E-state index in [0.29, 0.717) is 28.8 Å². The number of thiophene rings is 1. The Morgan fingerprint density at radius 2 is 2.12 bits per heavy atom. The average Bonchev–Trinajstić information content (AvgIpc) is 3.35. The highest BCUT2D eigenvalue weighted by molar-refractivity contribution is 8.00. The minimum Gasteiger partial charge on any atom is -0.466 e. The number of esters is 1. The zero-order chi connectivity index (χ0) is 23.6. The van der Waals surface area contributed by atoms with E-state index in [2.05, 4.69) is 41.0 Å². The van der Waals surface area contributed by atoms with Gasteiger partial charge in [0.25, 0.3) is 0 Å². The van der Waals surface area contributed by atoms with E-state index in [9.17, 15) is 9.59 Å². The lowest BCUT2D eigenvalue weighted by Gasteiger charge is -2.33. The van der Waals surface area contributed by atoms with Crippen LogP contribution < -0.4 is 5.32 Å². The second-order valence-corrected chi connectivity index (χ2v) is 12.0. The molecule has 1 aliphatic rings. The van der Waals surface area contributed by atoms with Gasteiger partial charge in [-0.25, -0.2) is 15.0 Å².